The fourth-order valence-corrected chi connectivity index (χ4v) is 2.49. The molecule has 2 N–H and O–H groups in total. The summed E-state index contributed by atoms with van der Waals surface area (Å²) in [5.41, 5.74) is 0.441. The SMILES string of the molecule is CC(C)n1c(-c2cccc(F)c2)nnc1S(N)(=O)=O. The second kappa shape index (κ2) is 4.71. The van der Waals surface area contributed by atoms with Crippen LogP contribution in [-0.2, 0) is 10.0 Å². The maximum atomic E-state index is 13.2. The van der Waals surface area contributed by atoms with E-state index < -0.39 is 15.8 Å². The van der Waals surface area contributed by atoms with Gasteiger partial charge < -0.3 is 0 Å². The first-order valence-electron chi connectivity index (χ1n) is 5.54. The quantitative estimate of drug-likeness (QED) is 0.920. The van der Waals surface area contributed by atoms with E-state index in [0.29, 0.717) is 5.56 Å². The zero-order valence-corrected chi connectivity index (χ0v) is 11.2. The zero-order chi connectivity index (χ0) is 14.2. The third kappa shape index (κ3) is 2.64. The Labute approximate surface area is 110 Å². The first-order valence-corrected chi connectivity index (χ1v) is 7.09. The predicted molar refractivity (Wildman–Crippen MR) is 67.2 cm³/mol. The molecule has 2 aromatic rings. The molecule has 0 saturated carbocycles. The Morgan fingerprint density at radius 1 is 1.32 bits per heavy atom. The molecule has 1 aromatic heterocycles. The van der Waals surface area contributed by atoms with E-state index >= 15 is 0 Å². The van der Waals surface area contributed by atoms with Gasteiger partial charge in [-0.1, -0.05) is 12.1 Å². The molecule has 1 aromatic carbocycles. The maximum absolute atomic E-state index is 13.2. The van der Waals surface area contributed by atoms with Gasteiger partial charge in [-0.2, -0.15) is 0 Å². The number of nitrogens with zero attached hydrogens (tertiary/aromatic N) is 3. The van der Waals surface area contributed by atoms with E-state index in [1.165, 1.54) is 22.8 Å². The Morgan fingerprint density at radius 2 is 2.00 bits per heavy atom. The smallest absolute Gasteiger partial charge is 0.273 e. The minimum atomic E-state index is -3.98. The van der Waals surface area contributed by atoms with E-state index in [2.05, 4.69) is 10.2 Å². The van der Waals surface area contributed by atoms with Crippen molar-refractivity contribution in [3.63, 3.8) is 0 Å². The van der Waals surface area contributed by atoms with Gasteiger partial charge >= 0.3 is 0 Å². The zero-order valence-electron chi connectivity index (χ0n) is 10.4. The molecule has 0 bridgehead atoms. The molecule has 0 saturated heterocycles. The number of halogens is 1. The van der Waals surface area contributed by atoms with E-state index in [4.69, 9.17) is 5.14 Å². The fraction of sp³-hybridized carbons (Fsp3) is 0.273. The number of nitrogens with two attached hydrogens (primary N) is 1. The van der Waals surface area contributed by atoms with Crippen LogP contribution in [0.1, 0.15) is 19.9 Å². The molecule has 0 radical (unpaired) electrons. The first kappa shape index (κ1) is 13.6. The van der Waals surface area contributed by atoms with Crippen molar-refractivity contribution in [1.29, 1.82) is 0 Å². The Bertz CT molecular complexity index is 709. The van der Waals surface area contributed by atoms with Gasteiger partial charge in [0.15, 0.2) is 5.82 Å². The van der Waals surface area contributed by atoms with Gasteiger partial charge in [-0.05, 0) is 26.0 Å². The summed E-state index contributed by atoms with van der Waals surface area (Å²) in [4.78, 5) is 0. The number of aromatic nitrogens is 3. The monoisotopic (exact) mass is 284 g/mol. The van der Waals surface area contributed by atoms with E-state index in [1.807, 2.05) is 0 Å². The van der Waals surface area contributed by atoms with Gasteiger partial charge in [0.2, 0.25) is 0 Å². The second-order valence-electron chi connectivity index (χ2n) is 4.33. The van der Waals surface area contributed by atoms with Gasteiger partial charge in [0, 0.05) is 11.6 Å². The molecule has 6 nitrogen and oxygen atoms in total. The summed E-state index contributed by atoms with van der Waals surface area (Å²) >= 11 is 0. The van der Waals surface area contributed by atoms with Gasteiger partial charge in [0.1, 0.15) is 5.82 Å². The first-order chi connectivity index (χ1) is 8.80. The summed E-state index contributed by atoms with van der Waals surface area (Å²) in [6.45, 7) is 3.53. The predicted octanol–water partition coefficient (Wildman–Crippen LogP) is 1.31. The molecule has 0 fully saturated rings. The molecular formula is C11H13FN4O2S. The lowest BCUT2D eigenvalue weighted by molar-refractivity contribution is 0.524. The minimum absolute atomic E-state index is 0.235. The highest BCUT2D eigenvalue weighted by Gasteiger charge is 2.23. The van der Waals surface area contributed by atoms with Crippen LogP contribution in [0.2, 0.25) is 0 Å². The standard InChI is InChI=1S/C11H13FN4O2S/c1-7(2)16-10(8-4-3-5-9(12)6-8)14-15-11(16)19(13,17)18/h3-7H,1-2H3,(H2,13,17,18). The molecule has 19 heavy (non-hydrogen) atoms. The summed E-state index contributed by atoms with van der Waals surface area (Å²) in [5.74, 6) is -0.175. The fourth-order valence-electron chi connectivity index (χ4n) is 1.76. The molecule has 102 valence electrons. The lowest BCUT2D eigenvalue weighted by Crippen LogP contribution is -2.20. The molecular weight excluding hydrogens is 271 g/mol. The number of rotatable bonds is 3. The van der Waals surface area contributed by atoms with Crippen molar-refractivity contribution < 1.29 is 12.8 Å². The number of hydrogen-bond acceptors (Lipinski definition) is 4. The van der Waals surface area contributed by atoms with Gasteiger partial charge in [0.25, 0.3) is 15.2 Å². The van der Waals surface area contributed by atoms with Crippen LogP contribution in [0, 0.1) is 5.82 Å². The van der Waals surface area contributed by atoms with Crippen LogP contribution in [0.3, 0.4) is 0 Å². The number of primary sulfonamides is 1. The third-order valence-electron chi connectivity index (χ3n) is 2.52. The van der Waals surface area contributed by atoms with Crippen molar-refractivity contribution in [2.45, 2.75) is 25.0 Å². The minimum Gasteiger partial charge on any atom is -0.294 e. The van der Waals surface area contributed by atoms with Crippen LogP contribution in [-0.4, -0.2) is 23.2 Å². The van der Waals surface area contributed by atoms with E-state index in [9.17, 15) is 12.8 Å². The van der Waals surface area contributed by atoms with Crippen molar-refractivity contribution >= 4 is 10.0 Å². The molecule has 2 rings (SSSR count). The summed E-state index contributed by atoms with van der Waals surface area (Å²) in [5, 5.41) is 12.2. The van der Waals surface area contributed by atoms with Crippen LogP contribution in [0.4, 0.5) is 4.39 Å². The van der Waals surface area contributed by atoms with Gasteiger partial charge in [0.05, 0.1) is 0 Å². The average molecular weight is 284 g/mol. The topological polar surface area (TPSA) is 90.9 Å². The van der Waals surface area contributed by atoms with E-state index in [0.717, 1.165) is 0 Å². The Morgan fingerprint density at radius 3 is 2.53 bits per heavy atom. The molecule has 0 spiro atoms. The van der Waals surface area contributed by atoms with E-state index in [-0.39, 0.29) is 17.0 Å². The highest BCUT2D eigenvalue weighted by molar-refractivity contribution is 7.89. The molecule has 0 aliphatic rings. The molecule has 0 aliphatic carbocycles. The second-order valence-corrected chi connectivity index (χ2v) is 5.78. The van der Waals surface area contributed by atoms with Crippen molar-refractivity contribution in [2.24, 2.45) is 5.14 Å². The molecule has 0 aliphatic heterocycles. The van der Waals surface area contributed by atoms with Crippen molar-refractivity contribution in [1.82, 2.24) is 14.8 Å². The summed E-state index contributed by atoms with van der Waals surface area (Å²) in [6, 6.07) is 5.46. The summed E-state index contributed by atoms with van der Waals surface area (Å²) in [6.07, 6.45) is 0. The molecule has 0 amide bonds. The van der Waals surface area contributed by atoms with Gasteiger partial charge in [-0.25, -0.2) is 17.9 Å². The summed E-state index contributed by atoms with van der Waals surface area (Å²) in [7, 11) is -3.98. The largest absolute Gasteiger partial charge is 0.294 e. The Balaban J connectivity index is 2.69. The normalized spacial score (nSPS) is 12.1. The molecule has 1 heterocycles. The highest BCUT2D eigenvalue weighted by atomic mass is 32.2. The highest BCUT2D eigenvalue weighted by Crippen LogP contribution is 2.24. The lowest BCUT2D eigenvalue weighted by atomic mass is 10.2. The molecule has 8 heteroatoms. The maximum Gasteiger partial charge on any atom is 0.273 e. The Hall–Kier alpha value is -1.80. The van der Waals surface area contributed by atoms with Gasteiger partial charge in [-0.15, -0.1) is 10.2 Å². The van der Waals surface area contributed by atoms with Crippen molar-refractivity contribution in [3.05, 3.63) is 30.1 Å². The number of benzene rings is 1. The van der Waals surface area contributed by atoms with Gasteiger partial charge in [-0.3, -0.25) is 4.57 Å². The van der Waals surface area contributed by atoms with Crippen molar-refractivity contribution in [2.75, 3.05) is 0 Å². The van der Waals surface area contributed by atoms with E-state index in [1.54, 1.807) is 19.9 Å². The van der Waals surface area contributed by atoms with Crippen LogP contribution in [0.15, 0.2) is 29.4 Å². The van der Waals surface area contributed by atoms with Crippen LogP contribution in [0.25, 0.3) is 11.4 Å². The molecule has 0 unspecified atom stereocenters. The lowest BCUT2D eigenvalue weighted by Gasteiger charge is -2.12. The van der Waals surface area contributed by atoms with Crippen LogP contribution in [0.5, 0.6) is 0 Å². The summed E-state index contributed by atoms with van der Waals surface area (Å²) < 4.78 is 37.5. The Kier molecular flexibility index (Phi) is 3.38. The molecule has 0 atom stereocenters. The average Bonchev–Trinajstić information content (AvgIpc) is 2.72. The van der Waals surface area contributed by atoms with Crippen molar-refractivity contribution in [3.8, 4) is 11.4 Å². The third-order valence-corrected chi connectivity index (χ3v) is 3.31. The number of sulfonamides is 1. The van der Waals surface area contributed by atoms with Crippen LogP contribution >= 0.6 is 0 Å². The van der Waals surface area contributed by atoms with Crippen LogP contribution < -0.4 is 5.14 Å². The number of hydrogen-bond donors (Lipinski definition) is 1.